The summed E-state index contributed by atoms with van der Waals surface area (Å²) in [6, 6.07) is 15.0. The molecule has 0 spiro atoms. The number of nitrogens with zero attached hydrogens (tertiary/aromatic N) is 3. The summed E-state index contributed by atoms with van der Waals surface area (Å²) in [5.74, 6) is 0.869. The Labute approximate surface area is 170 Å². The summed E-state index contributed by atoms with van der Waals surface area (Å²) in [5.41, 5.74) is 2.32. The zero-order valence-electron chi connectivity index (χ0n) is 14.7. The molecule has 3 aromatic rings. The Morgan fingerprint density at radius 1 is 1.20 bits per heavy atom. The van der Waals surface area contributed by atoms with Crippen LogP contribution in [0.25, 0.3) is 10.8 Å². The maximum absolute atomic E-state index is 4.51. The Bertz CT molecular complexity index is 859. The number of aryl methyl sites for hydroxylation is 1. The van der Waals surface area contributed by atoms with Crippen LogP contribution in [0.4, 0.5) is 0 Å². The van der Waals surface area contributed by atoms with Crippen LogP contribution in [-0.4, -0.2) is 29.9 Å². The first kappa shape index (κ1) is 19.7. The normalized spacial score (nSPS) is 11.2. The van der Waals surface area contributed by atoms with Gasteiger partial charge in [0, 0.05) is 26.0 Å². The van der Waals surface area contributed by atoms with Gasteiger partial charge in [-0.3, -0.25) is 4.99 Å². The van der Waals surface area contributed by atoms with Gasteiger partial charge in [0.2, 0.25) is 0 Å². The van der Waals surface area contributed by atoms with Gasteiger partial charge >= 0.3 is 0 Å². The Hall–Kier alpha value is -1.67. The zero-order valence-corrected chi connectivity index (χ0v) is 17.8. The fourth-order valence-corrected chi connectivity index (χ4v) is 3.32. The molecule has 0 radical (unpaired) electrons. The van der Waals surface area contributed by atoms with Crippen LogP contribution in [0.3, 0.4) is 0 Å². The van der Waals surface area contributed by atoms with Crippen molar-refractivity contribution in [1.29, 1.82) is 0 Å². The number of hydrogen-bond acceptors (Lipinski definition) is 3. The highest BCUT2D eigenvalue weighted by molar-refractivity contribution is 14.0. The topological polar surface area (TPSA) is 40.5 Å². The number of guanidine groups is 1. The lowest BCUT2D eigenvalue weighted by Crippen LogP contribution is -2.38. The first-order valence-corrected chi connectivity index (χ1v) is 8.84. The molecular weight excluding hydrogens is 443 g/mol. The Kier molecular flexibility index (Phi) is 7.19. The second-order valence-electron chi connectivity index (χ2n) is 5.80. The van der Waals surface area contributed by atoms with E-state index >= 15 is 0 Å². The van der Waals surface area contributed by atoms with E-state index in [-0.39, 0.29) is 24.0 Å². The molecule has 0 aliphatic heterocycles. The molecule has 25 heavy (non-hydrogen) atoms. The number of halogens is 1. The van der Waals surface area contributed by atoms with Gasteiger partial charge in [-0.1, -0.05) is 36.4 Å². The Morgan fingerprint density at radius 2 is 1.96 bits per heavy atom. The molecule has 0 unspecified atom stereocenters. The van der Waals surface area contributed by atoms with E-state index in [9.17, 15) is 0 Å². The second-order valence-corrected chi connectivity index (χ2v) is 6.86. The van der Waals surface area contributed by atoms with Crippen molar-refractivity contribution in [2.75, 3.05) is 14.1 Å². The first-order valence-electron chi connectivity index (χ1n) is 7.96. The summed E-state index contributed by atoms with van der Waals surface area (Å²) in [4.78, 5) is 11.0. The lowest BCUT2D eigenvalue weighted by Gasteiger charge is -2.21. The van der Waals surface area contributed by atoms with Crippen molar-refractivity contribution in [2.45, 2.75) is 20.0 Å². The fraction of sp³-hybridized carbons (Fsp3) is 0.263. The average Bonchev–Trinajstić information content (AvgIpc) is 3.00. The van der Waals surface area contributed by atoms with Crippen molar-refractivity contribution < 1.29 is 0 Å². The third-order valence-corrected chi connectivity index (χ3v) is 4.73. The van der Waals surface area contributed by atoms with Gasteiger partial charge in [0.25, 0.3) is 0 Å². The number of fused-ring (bicyclic) bond motifs is 1. The predicted octanol–water partition coefficient (Wildman–Crippen LogP) is 4.43. The molecule has 0 atom stereocenters. The van der Waals surface area contributed by atoms with Gasteiger partial charge in [0.1, 0.15) is 0 Å². The summed E-state index contributed by atoms with van der Waals surface area (Å²) in [6.45, 7) is 3.53. The molecule has 132 valence electrons. The Morgan fingerprint density at radius 3 is 2.64 bits per heavy atom. The van der Waals surface area contributed by atoms with Crippen molar-refractivity contribution in [1.82, 2.24) is 15.2 Å². The molecule has 0 bridgehead atoms. The van der Waals surface area contributed by atoms with E-state index in [4.69, 9.17) is 0 Å². The van der Waals surface area contributed by atoms with E-state index in [1.807, 2.05) is 21.0 Å². The van der Waals surface area contributed by atoms with Gasteiger partial charge in [-0.25, -0.2) is 4.98 Å². The molecule has 0 aliphatic carbocycles. The maximum Gasteiger partial charge on any atom is 0.194 e. The monoisotopic (exact) mass is 466 g/mol. The molecule has 4 nitrogen and oxygen atoms in total. The van der Waals surface area contributed by atoms with Crippen LogP contribution in [0.15, 0.2) is 52.8 Å². The largest absolute Gasteiger partial charge is 0.352 e. The lowest BCUT2D eigenvalue weighted by atomic mass is 10.1. The lowest BCUT2D eigenvalue weighted by molar-refractivity contribution is 0.470. The van der Waals surface area contributed by atoms with Crippen LogP contribution in [0.5, 0.6) is 0 Å². The summed E-state index contributed by atoms with van der Waals surface area (Å²) in [6.07, 6.45) is 0. The van der Waals surface area contributed by atoms with Crippen LogP contribution >= 0.6 is 35.3 Å². The van der Waals surface area contributed by atoms with Crippen LogP contribution in [0.1, 0.15) is 16.3 Å². The minimum Gasteiger partial charge on any atom is -0.352 e. The van der Waals surface area contributed by atoms with Crippen molar-refractivity contribution in [2.24, 2.45) is 4.99 Å². The molecule has 1 aromatic heterocycles. The van der Waals surface area contributed by atoms with E-state index in [0.29, 0.717) is 0 Å². The van der Waals surface area contributed by atoms with E-state index in [1.54, 1.807) is 11.3 Å². The minimum atomic E-state index is 0. The molecule has 0 saturated carbocycles. The van der Waals surface area contributed by atoms with E-state index in [2.05, 4.69) is 68.0 Å². The highest BCUT2D eigenvalue weighted by Gasteiger charge is 2.08. The third-order valence-electron chi connectivity index (χ3n) is 3.90. The van der Waals surface area contributed by atoms with Crippen LogP contribution in [0, 0.1) is 6.92 Å². The standard InChI is InChI=1S/C19H22N4S.HI/c1-14-22-18(13-24-14)12-23(3)19(20-2)21-11-15-8-9-16-6-4-5-7-17(16)10-15;/h4-10,13H,11-12H2,1-3H3,(H,20,21);1H. The molecule has 0 saturated heterocycles. The van der Waals surface area contributed by atoms with Gasteiger partial charge < -0.3 is 10.2 Å². The maximum atomic E-state index is 4.51. The highest BCUT2D eigenvalue weighted by Crippen LogP contribution is 2.15. The van der Waals surface area contributed by atoms with Crippen molar-refractivity contribution >= 4 is 52.0 Å². The summed E-state index contributed by atoms with van der Waals surface area (Å²) in [5, 5.41) is 9.15. The van der Waals surface area contributed by atoms with E-state index in [1.165, 1.54) is 16.3 Å². The Balaban J connectivity index is 0.00000225. The van der Waals surface area contributed by atoms with Crippen LogP contribution < -0.4 is 5.32 Å². The zero-order chi connectivity index (χ0) is 16.9. The van der Waals surface area contributed by atoms with Crippen molar-refractivity contribution in [3.05, 3.63) is 64.1 Å². The number of aromatic nitrogens is 1. The first-order chi connectivity index (χ1) is 11.7. The number of nitrogens with one attached hydrogen (secondary N) is 1. The SMILES string of the molecule is CN=C(NCc1ccc2ccccc2c1)N(C)Cc1csc(C)n1.I. The number of aliphatic imine (C=N–C) groups is 1. The quantitative estimate of drug-likeness (QED) is 0.352. The minimum absolute atomic E-state index is 0. The molecule has 2 aromatic carbocycles. The van der Waals surface area contributed by atoms with Crippen molar-refractivity contribution in [3.63, 3.8) is 0 Å². The second kappa shape index (κ2) is 9.15. The van der Waals surface area contributed by atoms with E-state index < -0.39 is 0 Å². The summed E-state index contributed by atoms with van der Waals surface area (Å²) in [7, 11) is 3.84. The van der Waals surface area contributed by atoms with Gasteiger partial charge in [-0.15, -0.1) is 35.3 Å². The van der Waals surface area contributed by atoms with E-state index in [0.717, 1.165) is 29.8 Å². The van der Waals surface area contributed by atoms with Crippen LogP contribution in [0.2, 0.25) is 0 Å². The molecule has 1 N–H and O–H groups in total. The predicted molar refractivity (Wildman–Crippen MR) is 118 cm³/mol. The molecule has 0 amide bonds. The van der Waals surface area contributed by atoms with Gasteiger partial charge in [-0.05, 0) is 29.3 Å². The third kappa shape index (κ3) is 5.15. The smallest absolute Gasteiger partial charge is 0.194 e. The summed E-state index contributed by atoms with van der Waals surface area (Å²) >= 11 is 1.68. The number of thiazole rings is 1. The highest BCUT2D eigenvalue weighted by atomic mass is 127. The summed E-state index contributed by atoms with van der Waals surface area (Å²) < 4.78 is 0. The molecular formula is C19H23IN4S. The molecule has 6 heteroatoms. The molecule has 3 rings (SSSR count). The van der Waals surface area contributed by atoms with Gasteiger partial charge in [-0.2, -0.15) is 0 Å². The average molecular weight is 466 g/mol. The van der Waals surface area contributed by atoms with Gasteiger partial charge in [0.15, 0.2) is 5.96 Å². The van der Waals surface area contributed by atoms with Gasteiger partial charge in [0.05, 0.1) is 17.2 Å². The number of benzene rings is 2. The fourth-order valence-electron chi connectivity index (χ4n) is 2.71. The molecule has 0 fully saturated rings. The number of hydrogen-bond donors (Lipinski definition) is 1. The number of rotatable bonds is 4. The van der Waals surface area contributed by atoms with Crippen LogP contribution in [-0.2, 0) is 13.1 Å². The molecule has 0 aliphatic rings. The van der Waals surface area contributed by atoms with Crippen molar-refractivity contribution in [3.8, 4) is 0 Å². The molecule has 1 heterocycles.